The maximum Gasteiger partial charge on any atom is 0.194 e. The fraction of sp³-hybridized carbons (Fsp3) is 0.0980. The second kappa shape index (κ2) is 12.7. The Morgan fingerprint density at radius 2 is 0.517 bits per heavy atom. The second-order valence-corrected chi connectivity index (χ2v) is 17.3. The van der Waals surface area contributed by atoms with E-state index in [0.717, 1.165) is 88.3 Å². The van der Waals surface area contributed by atoms with Crippen LogP contribution >= 0.6 is 34.8 Å². The molecule has 0 N–H and O–H groups in total. The predicted octanol–water partition coefficient (Wildman–Crippen LogP) is 12.8. The summed E-state index contributed by atoms with van der Waals surface area (Å²) < 4.78 is 13.7. The van der Waals surface area contributed by atoms with Crippen molar-refractivity contribution in [1.82, 2.24) is 0 Å². The molecule has 1 aliphatic carbocycles. The predicted molar refractivity (Wildman–Crippen MR) is 236 cm³/mol. The van der Waals surface area contributed by atoms with Crippen molar-refractivity contribution in [2.75, 3.05) is 0 Å². The van der Waals surface area contributed by atoms with Crippen LogP contribution in [-0.4, -0.2) is 4.30 Å². The van der Waals surface area contributed by atoms with E-state index in [0.29, 0.717) is 21.5 Å². The van der Waals surface area contributed by atoms with Gasteiger partial charge in [-0.25, -0.2) is 0 Å². The number of fused-ring (bicyclic) bond motifs is 28. The number of rotatable bonds is 0. The number of halogens is 3. The number of alkyl halides is 3. The van der Waals surface area contributed by atoms with Crippen molar-refractivity contribution in [2.24, 2.45) is 0 Å². The molecule has 0 unspecified atom stereocenters. The third-order valence-electron chi connectivity index (χ3n) is 12.7. The molecule has 8 aromatic carbocycles. The second-order valence-electron chi connectivity index (χ2n) is 15.3. The van der Waals surface area contributed by atoms with Crippen LogP contribution in [0, 0.1) is 0 Å². The molecule has 13 rings (SSSR count). The molecule has 4 heterocycles. The highest BCUT2D eigenvalue weighted by Crippen LogP contribution is 2.68. The van der Waals surface area contributed by atoms with E-state index in [4.69, 9.17) is 44.3 Å². The molecule has 0 radical (unpaired) electrons. The van der Waals surface area contributed by atoms with Crippen LogP contribution in [0.1, 0.15) is 68.9 Å². The maximum absolute atomic E-state index is 14.2. The topological polar surface area (TPSA) is 52.6 Å². The third kappa shape index (κ3) is 4.55. The van der Waals surface area contributed by atoms with Crippen LogP contribution in [0.3, 0.4) is 0 Å². The van der Waals surface area contributed by atoms with Gasteiger partial charge in [-0.15, -0.1) is 0 Å². The molecule has 5 aliphatic rings. The first kappa shape index (κ1) is 34.5. The van der Waals surface area contributed by atoms with E-state index in [2.05, 4.69) is 72.8 Å². The summed E-state index contributed by atoms with van der Waals surface area (Å²) in [7, 11) is 0. The Bertz CT molecular complexity index is 2940. The van der Waals surface area contributed by atoms with Crippen molar-refractivity contribution in [3.63, 3.8) is 0 Å². The highest BCUT2D eigenvalue weighted by atomic mass is 35.6. The zero-order valence-electron chi connectivity index (χ0n) is 30.5. The van der Waals surface area contributed by atoms with E-state index in [9.17, 15) is 9.59 Å². The molecule has 278 valence electrons. The van der Waals surface area contributed by atoms with Crippen molar-refractivity contribution in [3.05, 3.63) is 211 Å². The lowest BCUT2D eigenvalue weighted by Gasteiger charge is -2.30. The van der Waals surface area contributed by atoms with E-state index in [1.807, 2.05) is 72.8 Å². The van der Waals surface area contributed by atoms with Crippen molar-refractivity contribution < 1.29 is 9.47 Å². The minimum Gasteiger partial charge on any atom is -0.356 e. The number of benzene rings is 6. The summed E-state index contributed by atoms with van der Waals surface area (Å²) in [5.41, 5.74) is 13.5. The highest BCUT2D eigenvalue weighted by molar-refractivity contribution is 6.63. The van der Waals surface area contributed by atoms with Crippen LogP contribution in [0.25, 0.3) is 65.4 Å². The minimum absolute atomic E-state index is 0.0456. The Morgan fingerprint density at radius 1 is 0.328 bits per heavy atom. The van der Waals surface area contributed by atoms with Gasteiger partial charge in [-0.3, -0.25) is 9.59 Å². The fourth-order valence-electron chi connectivity index (χ4n) is 10.7. The lowest BCUT2D eigenvalue weighted by Crippen LogP contribution is -2.13. The van der Waals surface area contributed by atoms with Gasteiger partial charge >= 0.3 is 0 Å². The highest BCUT2D eigenvalue weighted by Gasteiger charge is 2.53. The summed E-state index contributed by atoms with van der Waals surface area (Å²) in [6.45, 7) is 0. The SMILES string of the molecule is ClC(Cl)Cl.O=c1c2ccccc2c2c(c3ccccc13)[C@H]1O[C@@H]2C2=C1c1ccccc1C1=C(c3ccccc32)[C@@H]2O[C@H]1c1c2c2ccccc2c(=O)c2ccccc12. The van der Waals surface area contributed by atoms with Gasteiger partial charge < -0.3 is 9.47 Å². The van der Waals surface area contributed by atoms with Crippen LogP contribution in [0.5, 0.6) is 0 Å². The van der Waals surface area contributed by atoms with E-state index in [-0.39, 0.29) is 35.3 Å². The molecule has 0 spiro atoms. The summed E-state index contributed by atoms with van der Waals surface area (Å²) in [5.74, 6) is 0. The van der Waals surface area contributed by atoms with Gasteiger partial charge in [-0.05, 0) is 66.1 Å². The molecule has 4 atom stereocenters. The fourth-order valence-corrected chi connectivity index (χ4v) is 10.7. The molecular formula is C51H29Cl3O4. The first-order valence-electron chi connectivity index (χ1n) is 19.3. The summed E-state index contributed by atoms with van der Waals surface area (Å²) in [6, 6.07) is 49.5. The van der Waals surface area contributed by atoms with Crippen molar-refractivity contribution in [3.8, 4) is 0 Å². The molecule has 0 saturated carbocycles. The van der Waals surface area contributed by atoms with Crippen LogP contribution in [0.2, 0.25) is 0 Å². The zero-order valence-corrected chi connectivity index (χ0v) is 32.8. The van der Waals surface area contributed by atoms with Crippen LogP contribution < -0.4 is 10.9 Å². The van der Waals surface area contributed by atoms with Crippen molar-refractivity contribution >= 4 is 100 Å². The van der Waals surface area contributed by atoms with Crippen LogP contribution in [0.4, 0.5) is 0 Å². The monoisotopic (exact) mass is 810 g/mol. The smallest absolute Gasteiger partial charge is 0.194 e. The van der Waals surface area contributed by atoms with Crippen LogP contribution in [0.15, 0.2) is 155 Å². The Kier molecular flexibility index (Phi) is 7.55. The van der Waals surface area contributed by atoms with Gasteiger partial charge in [0, 0.05) is 43.8 Å². The lowest BCUT2D eigenvalue weighted by atomic mass is 9.70. The summed E-state index contributed by atoms with van der Waals surface area (Å²) in [6.07, 6.45) is -1.52. The number of hydrogen-bond acceptors (Lipinski definition) is 4. The molecule has 0 aromatic heterocycles. The van der Waals surface area contributed by atoms with Crippen molar-refractivity contribution in [1.29, 1.82) is 0 Å². The van der Waals surface area contributed by atoms with Gasteiger partial charge in [-0.2, -0.15) is 0 Å². The van der Waals surface area contributed by atoms with E-state index >= 15 is 0 Å². The number of ether oxygens (including phenoxy) is 2. The Morgan fingerprint density at radius 3 is 0.741 bits per heavy atom. The average molecular weight is 812 g/mol. The van der Waals surface area contributed by atoms with Gasteiger partial charge in [-0.1, -0.05) is 180 Å². The van der Waals surface area contributed by atoms with Gasteiger partial charge in [0.05, 0.1) is 0 Å². The standard InChI is InChI=1S/C50H28O4.CHCl3/c51-45-33-21-9-5-17-29(33)41-42(30-18-6-10-22-34(30)45)49-39-27-15-3-4-16-28(27)40-38(26-14-2-1-13-25(26)37(39)47(41)53-49)48-43-31-19-7-11-23-35(31)46(52)36-24-12-8-20-32(36)44(43)50(40)54-48;2-1(3)4/h1-24,47-50H;1H/t47-,48+,49+,50-;. The molecule has 7 heteroatoms. The minimum atomic E-state index is -0.750. The Balaban J connectivity index is 0.000000879. The largest absolute Gasteiger partial charge is 0.356 e. The zero-order chi connectivity index (χ0) is 39.0. The summed E-state index contributed by atoms with van der Waals surface area (Å²) >= 11 is 14.4. The van der Waals surface area contributed by atoms with E-state index in [1.165, 1.54) is 0 Å². The molecule has 8 aromatic rings. The van der Waals surface area contributed by atoms with Gasteiger partial charge in [0.25, 0.3) is 0 Å². The molecule has 58 heavy (non-hydrogen) atoms. The van der Waals surface area contributed by atoms with E-state index in [1.54, 1.807) is 0 Å². The van der Waals surface area contributed by atoms with E-state index < -0.39 is 4.30 Å². The molecule has 4 bridgehead atoms. The lowest BCUT2D eigenvalue weighted by molar-refractivity contribution is 0.0949. The molecule has 0 saturated heterocycles. The third-order valence-corrected chi connectivity index (χ3v) is 12.7. The molecule has 0 amide bonds. The Hall–Kier alpha value is -5.59. The van der Waals surface area contributed by atoms with Gasteiger partial charge in [0.1, 0.15) is 24.4 Å². The quantitative estimate of drug-likeness (QED) is 0.143. The normalized spacial score (nSPS) is 20.3. The molecule has 4 aliphatic heterocycles. The first-order chi connectivity index (χ1) is 28.4. The summed E-state index contributed by atoms with van der Waals surface area (Å²) in [4.78, 5) is 28.5. The number of hydrogen-bond donors (Lipinski definition) is 0. The summed E-state index contributed by atoms with van der Waals surface area (Å²) in [5, 5.41) is 6.60. The van der Waals surface area contributed by atoms with Crippen LogP contribution in [-0.2, 0) is 9.47 Å². The maximum atomic E-state index is 14.2. The average Bonchev–Trinajstić information content (AvgIpc) is 4.00. The van der Waals surface area contributed by atoms with Crippen molar-refractivity contribution in [2.45, 2.75) is 28.7 Å². The van der Waals surface area contributed by atoms with Gasteiger partial charge in [0.2, 0.25) is 0 Å². The molecular weight excluding hydrogens is 783 g/mol. The first-order valence-corrected chi connectivity index (χ1v) is 20.6. The molecule has 4 nitrogen and oxygen atoms in total. The Labute approximate surface area is 347 Å². The molecule has 0 fully saturated rings. The van der Waals surface area contributed by atoms with Gasteiger partial charge in [0.15, 0.2) is 15.2 Å².